The van der Waals surface area contributed by atoms with E-state index in [-0.39, 0.29) is 31.1 Å². The van der Waals surface area contributed by atoms with Gasteiger partial charge in [-0.05, 0) is 37.0 Å². The zero-order chi connectivity index (χ0) is 43.4. The maximum atomic E-state index is 12.8. The van der Waals surface area contributed by atoms with Crippen molar-refractivity contribution in [3.05, 3.63) is 0 Å². The topological polar surface area (TPSA) is 78.9 Å². The molecule has 0 amide bonds. The van der Waals surface area contributed by atoms with E-state index in [1.807, 2.05) is 0 Å². The Labute approximate surface area is 368 Å². The molecular weight excluding hydrogens is 733 g/mol. The summed E-state index contributed by atoms with van der Waals surface area (Å²) in [5.74, 6) is 1.68. The molecule has 0 aliphatic heterocycles. The van der Waals surface area contributed by atoms with E-state index in [1.165, 1.54) is 167 Å². The van der Waals surface area contributed by atoms with Crippen LogP contribution in [0, 0.1) is 17.8 Å². The van der Waals surface area contributed by atoms with Crippen LogP contribution in [-0.4, -0.2) is 37.2 Å². The summed E-state index contributed by atoms with van der Waals surface area (Å²) in [6.07, 6.45) is 43.7. The summed E-state index contributed by atoms with van der Waals surface area (Å²) in [5.41, 5.74) is 0. The van der Waals surface area contributed by atoms with E-state index < -0.39 is 6.10 Å². The lowest BCUT2D eigenvalue weighted by atomic mass is 9.99. The maximum absolute atomic E-state index is 12.8. The van der Waals surface area contributed by atoms with Crippen molar-refractivity contribution in [1.29, 1.82) is 0 Å². The molecule has 0 aromatic heterocycles. The summed E-state index contributed by atoms with van der Waals surface area (Å²) in [4.78, 5) is 37.9. The van der Waals surface area contributed by atoms with Crippen molar-refractivity contribution >= 4 is 17.9 Å². The summed E-state index contributed by atoms with van der Waals surface area (Å²) in [5, 5.41) is 0. The number of carbonyl (C=O) groups excluding carboxylic acids is 3. The molecule has 0 aromatic rings. The molecule has 0 saturated carbocycles. The number of esters is 3. The van der Waals surface area contributed by atoms with Gasteiger partial charge in [0.1, 0.15) is 13.2 Å². The molecule has 0 spiro atoms. The van der Waals surface area contributed by atoms with Crippen LogP contribution in [0.4, 0.5) is 0 Å². The third-order valence-electron chi connectivity index (χ3n) is 12.6. The standard InChI is InChI=1S/C53H102O6/c1-7-48(5)40-34-28-22-15-13-11-9-10-12-14-16-24-30-36-42-51(54)57-45-50(46-58-52(55)43-37-31-25-19-17-21-27-33-39-47(3)4)59-53(56)44-38-32-26-20-18-23-29-35-41-49(6)8-2/h47-50H,7-46H2,1-6H3/t48?,49?,50-/m1/s1. The second kappa shape index (κ2) is 44.5. The van der Waals surface area contributed by atoms with Crippen LogP contribution in [0.1, 0.15) is 286 Å². The molecule has 0 bridgehead atoms. The van der Waals surface area contributed by atoms with Crippen LogP contribution in [0.25, 0.3) is 0 Å². The molecule has 2 unspecified atom stereocenters. The van der Waals surface area contributed by atoms with Crippen LogP contribution in [0.15, 0.2) is 0 Å². The normalized spacial score (nSPS) is 13.1. The van der Waals surface area contributed by atoms with Gasteiger partial charge < -0.3 is 14.2 Å². The summed E-state index contributed by atoms with van der Waals surface area (Å²) in [7, 11) is 0. The molecular formula is C53H102O6. The molecule has 6 nitrogen and oxygen atoms in total. The summed E-state index contributed by atoms with van der Waals surface area (Å²) in [6.45, 7) is 13.7. The molecule has 0 saturated heterocycles. The van der Waals surface area contributed by atoms with Gasteiger partial charge in [0.15, 0.2) is 6.10 Å². The largest absolute Gasteiger partial charge is 0.462 e. The lowest BCUT2D eigenvalue weighted by molar-refractivity contribution is -0.167. The molecule has 0 rings (SSSR count). The van der Waals surface area contributed by atoms with Crippen LogP contribution in [-0.2, 0) is 28.6 Å². The van der Waals surface area contributed by atoms with Crippen molar-refractivity contribution in [2.75, 3.05) is 13.2 Å². The van der Waals surface area contributed by atoms with Gasteiger partial charge in [0.05, 0.1) is 0 Å². The second-order valence-electron chi connectivity index (χ2n) is 19.1. The third-order valence-corrected chi connectivity index (χ3v) is 12.6. The van der Waals surface area contributed by atoms with Crippen LogP contribution in [0.3, 0.4) is 0 Å². The first-order chi connectivity index (χ1) is 28.7. The van der Waals surface area contributed by atoms with E-state index in [9.17, 15) is 14.4 Å². The fourth-order valence-electron chi connectivity index (χ4n) is 7.87. The van der Waals surface area contributed by atoms with Crippen LogP contribution >= 0.6 is 0 Å². The molecule has 0 aromatic carbocycles. The predicted octanol–water partition coefficient (Wildman–Crippen LogP) is 16.8. The Hall–Kier alpha value is -1.59. The van der Waals surface area contributed by atoms with Crippen LogP contribution in [0.2, 0.25) is 0 Å². The maximum Gasteiger partial charge on any atom is 0.306 e. The van der Waals surface area contributed by atoms with E-state index in [2.05, 4.69) is 41.5 Å². The monoisotopic (exact) mass is 835 g/mol. The average Bonchev–Trinajstić information content (AvgIpc) is 3.22. The highest BCUT2D eigenvalue weighted by Crippen LogP contribution is 2.18. The number of unbranched alkanes of at least 4 members (excludes halogenated alkanes) is 27. The Morgan fingerprint density at radius 1 is 0.339 bits per heavy atom. The molecule has 0 heterocycles. The molecule has 0 fully saturated rings. The Kier molecular flexibility index (Phi) is 43.3. The first-order valence-corrected chi connectivity index (χ1v) is 26.2. The van der Waals surface area contributed by atoms with Gasteiger partial charge in [-0.3, -0.25) is 14.4 Å². The minimum Gasteiger partial charge on any atom is -0.462 e. The minimum absolute atomic E-state index is 0.0652. The Morgan fingerprint density at radius 3 is 0.881 bits per heavy atom. The summed E-state index contributed by atoms with van der Waals surface area (Å²) in [6, 6.07) is 0. The third kappa shape index (κ3) is 44.3. The molecule has 350 valence electrons. The van der Waals surface area contributed by atoms with Gasteiger partial charge in [-0.1, -0.05) is 247 Å². The first-order valence-electron chi connectivity index (χ1n) is 26.2. The number of carbonyl (C=O) groups is 3. The highest BCUT2D eigenvalue weighted by molar-refractivity contribution is 5.71. The van der Waals surface area contributed by atoms with E-state index in [1.54, 1.807) is 0 Å². The number of ether oxygens (including phenoxy) is 3. The van der Waals surface area contributed by atoms with Gasteiger partial charge in [-0.25, -0.2) is 0 Å². The molecule has 0 N–H and O–H groups in total. The van der Waals surface area contributed by atoms with Crippen molar-refractivity contribution in [3.8, 4) is 0 Å². The average molecular weight is 835 g/mol. The first kappa shape index (κ1) is 57.4. The van der Waals surface area contributed by atoms with E-state index in [0.717, 1.165) is 75.5 Å². The van der Waals surface area contributed by atoms with Crippen LogP contribution in [0.5, 0.6) is 0 Å². The molecule has 59 heavy (non-hydrogen) atoms. The fourth-order valence-corrected chi connectivity index (χ4v) is 7.87. The summed E-state index contributed by atoms with van der Waals surface area (Å²) < 4.78 is 16.8. The predicted molar refractivity (Wildman–Crippen MR) is 252 cm³/mol. The highest BCUT2D eigenvalue weighted by Gasteiger charge is 2.19. The molecule has 0 aliphatic carbocycles. The number of hydrogen-bond acceptors (Lipinski definition) is 6. The van der Waals surface area contributed by atoms with Gasteiger partial charge in [0.25, 0.3) is 0 Å². The lowest BCUT2D eigenvalue weighted by Crippen LogP contribution is -2.30. The van der Waals surface area contributed by atoms with Crippen molar-refractivity contribution in [1.82, 2.24) is 0 Å². The Bertz CT molecular complexity index is 918. The van der Waals surface area contributed by atoms with Gasteiger partial charge in [-0.2, -0.15) is 0 Å². The number of hydrogen-bond donors (Lipinski definition) is 0. The number of rotatable bonds is 46. The van der Waals surface area contributed by atoms with Crippen molar-refractivity contribution < 1.29 is 28.6 Å². The molecule has 0 aliphatic rings. The van der Waals surface area contributed by atoms with Crippen molar-refractivity contribution in [2.45, 2.75) is 292 Å². The van der Waals surface area contributed by atoms with E-state index in [4.69, 9.17) is 14.2 Å². The van der Waals surface area contributed by atoms with Crippen molar-refractivity contribution in [2.24, 2.45) is 17.8 Å². The van der Waals surface area contributed by atoms with Gasteiger partial charge >= 0.3 is 17.9 Å². The molecule has 3 atom stereocenters. The Balaban J connectivity index is 4.28. The lowest BCUT2D eigenvalue weighted by Gasteiger charge is -2.18. The van der Waals surface area contributed by atoms with Gasteiger partial charge in [-0.15, -0.1) is 0 Å². The Morgan fingerprint density at radius 2 is 0.593 bits per heavy atom. The van der Waals surface area contributed by atoms with E-state index >= 15 is 0 Å². The fraction of sp³-hybridized carbons (Fsp3) is 0.943. The highest BCUT2D eigenvalue weighted by atomic mass is 16.6. The molecule has 6 heteroatoms. The van der Waals surface area contributed by atoms with Crippen LogP contribution < -0.4 is 0 Å². The zero-order valence-corrected chi connectivity index (χ0v) is 40.5. The zero-order valence-electron chi connectivity index (χ0n) is 40.5. The smallest absolute Gasteiger partial charge is 0.306 e. The van der Waals surface area contributed by atoms with Gasteiger partial charge in [0, 0.05) is 19.3 Å². The SMILES string of the molecule is CCC(C)CCCCCCCCCCCCCCCCC(=O)OC[C@H](COC(=O)CCCCCCCCCCC(C)C)OC(=O)CCCCCCCCCCC(C)CC. The van der Waals surface area contributed by atoms with E-state index in [0.29, 0.717) is 19.3 Å². The summed E-state index contributed by atoms with van der Waals surface area (Å²) >= 11 is 0. The quantitative estimate of drug-likeness (QED) is 0.0345. The van der Waals surface area contributed by atoms with Gasteiger partial charge in [0.2, 0.25) is 0 Å². The molecule has 0 radical (unpaired) electrons. The minimum atomic E-state index is -0.763. The second-order valence-corrected chi connectivity index (χ2v) is 19.1. The van der Waals surface area contributed by atoms with Crippen molar-refractivity contribution in [3.63, 3.8) is 0 Å².